The topological polar surface area (TPSA) is 75.4 Å². The first kappa shape index (κ1) is 14.5. The molecule has 2 unspecified atom stereocenters. The molecule has 1 saturated heterocycles. The molecule has 2 atom stereocenters. The molecule has 5 heteroatoms. The molecule has 1 aromatic carbocycles. The third-order valence-electron chi connectivity index (χ3n) is 3.71. The molecule has 2 amide bonds. The van der Waals surface area contributed by atoms with Gasteiger partial charge in [-0.05, 0) is 50.1 Å². The number of hydrogen-bond acceptors (Lipinski definition) is 3. The van der Waals surface area contributed by atoms with Gasteiger partial charge >= 0.3 is 0 Å². The standard InChI is InChI=1S/C15H21N3O2/c1-10-7-12(8-16)9-18(10)15(20)13-3-5-14(6-4-13)17-11(2)19/h3-6,10,12H,7-9,16H2,1-2H3,(H,17,19). The summed E-state index contributed by atoms with van der Waals surface area (Å²) in [6.45, 7) is 4.86. The van der Waals surface area contributed by atoms with Crippen molar-refractivity contribution in [2.75, 3.05) is 18.4 Å². The number of amides is 2. The Kier molecular flexibility index (Phi) is 4.39. The highest BCUT2D eigenvalue weighted by molar-refractivity contribution is 5.95. The number of nitrogens with two attached hydrogens (primary N) is 1. The van der Waals surface area contributed by atoms with Crippen molar-refractivity contribution in [2.45, 2.75) is 26.3 Å². The maximum absolute atomic E-state index is 12.5. The summed E-state index contributed by atoms with van der Waals surface area (Å²) in [5.74, 6) is 0.304. The molecule has 0 radical (unpaired) electrons. The van der Waals surface area contributed by atoms with Crippen LogP contribution in [0.3, 0.4) is 0 Å². The highest BCUT2D eigenvalue weighted by Gasteiger charge is 2.31. The maximum Gasteiger partial charge on any atom is 0.254 e. The normalized spacial score (nSPS) is 21.9. The molecule has 1 fully saturated rings. The second kappa shape index (κ2) is 6.05. The van der Waals surface area contributed by atoms with E-state index in [1.165, 1.54) is 6.92 Å². The van der Waals surface area contributed by atoms with Gasteiger partial charge in [-0.15, -0.1) is 0 Å². The van der Waals surface area contributed by atoms with Crippen LogP contribution >= 0.6 is 0 Å². The Labute approximate surface area is 119 Å². The number of benzene rings is 1. The summed E-state index contributed by atoms with van der Waals surface area (Å²) in [5.41, 5.74) is 7.02. The molecule has 3 N–H and O–H groups in total. The van der Waals surface area contributed by atoms with Gasteiger partial charge in [0.2, 0.25) is 5.91 Å². The van der Waals surface area contributed by atoms with Gasteiger partial charge < -0.3 is 16.0 Å². The van der Waals surface area contributed by atoms with E-state index in [-0.39, 0.29) is 17.9 Å². The maximum atomic E-state index is 12.5. The SMILES string of the molecule is CC(=O)Nc1ccc(C(=O)N2CC(CN)CC2C)cc1. The Morgan fingerprint density at radius 3 is 2.50 bits per heavy atom. The quantitative estimate of drug-likeness (QED) is 0.876. The van der Waals surface area contributed by atoms with Crippen molar-refractivity contribution in [3.05, 3.63) is 29.8 Å². The molecular formula is C15H21N3O2. The van der Waals surface area contributed by atoms with Crippen LogP contribution in [0.5, 0.6) is 0 Å². The predicted molar refractivity (Wildman–Crippen MR) is 78.4 cm³/mol. The van der Waals surface area contributed by atoms with Crippen molar-refractivity contribution in [1.29, 1.82) is 0 Å². The second-order valence-electron chi connectivity index (χ2n) is 5.40. The van der Waals surface area contributed by atoms with Crippen molar-refractivity contribution < 1.29 is 9.59 Å². The second-order valence-corrected chi connectivity index (χ2v) is 5.40. The number of nitrogens with one attached hydrogen (secondary N) is 1. The van der Waals surface area contributed by atoms with Crippen molar-refractivity contribution in [3.63, 3.8) is 0 Å². The van der Waals surface area contributed by atoms with E-state index in [9.17, 15) is 9.59 Å². The fraction of sp³-hybridized carbons (Fsp3) is 0.467. The van der Waals surface area contributed by atoms with E-state index in [1.807, 2.05) is 4.90 Å². The molecule has 0 aromatic heterocycles. The van der Waals surface area contributed by atoms with Crippen molar-refractivity contribution in [2.24, 2.45) is 11.7 Å². The zero-order valence-corrected chi connectivity index (χ0v) is 11.9. The molecule has 2 rings (SSSR count). The predicted octanol–water partition coefficient (Wildman–Crippen LogP) is 1.45. The lowest BCUT2D eigenvalue weighted by atomic mass is 10.1. The van der Waals surface area contributed by atoms with Gasteiger partial charge in [0.1, 0.15) is 0 Å². The molecule has 0 spiro atoms. The summed E-state index contributed by atoms with van der Waals surface area (Å²) in [4.78, 5) is 25.3. The minimum Gasteiger partial charge on any atom is -0.336 e. The number of hydrogen-bond donors (Lipinski definition) is 2. The molecule has 108 valence electrons. The molecule has 0 aliphatic carbocycles. The smallest absolute Gasteiger partial charge is 0.254 e. The largest absolute Gasteiger partial charge is 0.336 e. The van der Waals surface area contributed by atoms with Crippen LogP contribution in [-0.2, 0) is 4.79 Å². The van der Waals surface area contributed by atoms with E-state index < -0.39 is 0 Å². The molecule has 5 nitrogen and oxygen atoms in total. The highest BCUT2D eigenvalue weighted by atomic mass is 16.2. The van der Waals surface area contributed by atoms with Gasteiger partial charge in [-0.25, -0.2) is 0 Å². The number of likely N-dealkylation sites (tertiary alicyclic amines) is 1. The molecular weight excluding hydrogens is 254 g/mol. The van der Waals surface area contributed by atoms with Crippen LogP contribution in [0.4, 0.5) is 5.69 Å². The number of rotatable bonds is 3. The van der Waals surface area contributed by atoms with Gasteiger partial charge in [-0.1, -0.05) is 0 Å². The molecule has 0 bridgehead atoms. The fourth-order valence-corrected chi connectivity index (χ4v) is 2.66. The van der Waals surface area contributed by atoms with Crippen LogP contribution in [0.1, 0.15) is 30.6 Å². The van der Waals surface area contributed by atoms with E-state index in [0.29, 0.717) is 23.7 Å². The van der Waals surface area contributed by atoms with Crippen molar-refractivity contribution >= 4 is 17.5 Å². The molecule has 1 aliphatic heterocycles. The first-order valence-corrected chi connectivity index (χ1v) is 6.90. The van der Waals surface area contributed by atoms with Crippen LogP contribution in [0, 0.1) is 5.92 Å². The summed E-state index contributed by atoms with van der Waals surface area (Å²) in [5, 5.41) is 2.69. The molecule has 1 heterocycles. The molecule has 0 saturated carbocycles. The summed E-state index contributed by atoms with van der Waals surface area (Å²) >= 11 is 0. The van der Waals surface area contributed by atoms with Gasteiger partial charge in [0.05, 0.1) is 0 Å². The number of nitrogens with zero attached hydrogens (tertiary/aromatic N) is 1. The van der Waals surface area contributed by atoms with E-state index in [2.05, 4.69) is 12.2 Å². The minimum atomic E-state index is -0.122. The van der Waals surface area contributed by atoms with E-state index in [0.717, 1.165) is 13.0 Å². The Hall–Kier alpha value is -1.88. The third-order valence-corrected chi connectivity index (χ3v) is 3.71. The summed E-state index contributed by atoms with van der Waals surface area (Å²) in [6.07, 6.45) is 0.964. The van der Waals surface area contributed by atoms with Crippen LogP contribution in [0.2, 0.25) is 0 Å². The van der Waals surface area contributed by atoms with Crippen molar-refractivity contribution in [3.8, 4) is 0 Å². The zero-order valence-electron chi connectivity index (χ0n) is 11.9. The summed E-state index contributed by atoms with van der Waals surface area (Å²) in [6, 6.07) is 7.21. The lowest BCUT2D eigenvalue weighted by Crippen LogP contribution is -2.34. The van der Waals surface area contributed by atoms with Gasteiger partial charge in [-0.2, -0.15) is 0 Å². The van der Waals surface area contributed by atoms with Gasteiger partial charge in [-0.3, -0.25) is 9.59 Å². The minimum absolute atomic E-state index is 0.0304. The first-order valence-electron chi connectivity index (χ1n) is 6.90. The lowest BCUT2D eigenvalue weighted by Gasteiger charge is -2.21. The van der Waals surface area contributed by atoms with Gasteiger partial charge in [0.25, 0.3) is 5.91 Å². The van der Waals surface area contributed by atoms with Gasteiger partial charge in [0, 0.05) is 30.8 Å². The summed E-state index contributed by atoms with van der Waals surface area (Å²) in [7, 11) is 0. The Bertz CT molecular complexity index is 498. The molecule has 1 aromatic rings. The van der Waals surface area contributed by atoms with Crippen LogP contribution in [0.15, 0.2) is 24.3 Å². The number of anilines is 1. The Morgan fingerprint density at radius 2 is 2.00 bits per heavy atom. The van der Waals surface area contributed by atoms with E-state index >= 15 is 0 Å². The molecule has 1 aliphatic rings. The zero-order chi connectivity index (χ0) is 14.7. The number of carbonyl (C=O) groups excluding carboxylic acids is 2. The fourth-order valence-electron chi connectivity index (χ4n) is 2.66. The molecule has 20 heavy (non-hydrogen) atoms. The van der Waals surface area contributed by atoms with E-state index in [4.69, 9.17) is 5.73 Å². The lowest BCUT2D eigenvalue weighted by molar-refractivity contribution is -0.114. The van der Waals surface area contributed by atoms with E-state index in [1.54, 1.807) is 24.3 Å². The Morgan fingerprint density at radius 1 is 1.35 bits per heavy atom. The highest BCUT2D eigenvalue weighted by Crippen LogP contribution is 2.24. The number of carbonyl (C=O) groups is 2. The average molecular weight is 275 g/mol. The summed E-state index contributed by atoms with van der Waals surface area (Å²) < 4.78 is 0. The first-order chi connectivity index (χ1) is 9.51. The van der Waals surface area contributed by atoms with Crippen LogP contribution in [-0.4, -0.2) is 35.8 Å². The monoisotopic (exact) mass is 275 g/mol. The van der Waals surface area contributed by atoms with Crippen molar-refractivity contribution in [1.82, 2.24) is 4.90 Å². The van der Waals surface area contributed by atoms with Crippen LogP contribution < -0.4 is 11.1 Å². The van der Waals surface area contributed by atoms with Crippen LogP contribution in [0.25, 0.3) is 0 Å². The average Bonchev–Trinajstić information content (AvgIpc) is 2.79. The third kappa shape index (κ3) is 3.17. The Balaban J connectivity index is 2.07. The van der Waals surface area contributed by atoms with Gasteiger partial charge in [0.15, 0.2) is 0 Å².